The molecule has 0 bridgehead atoms. The molecular weight excluding hydrogens is 402 g/mol. The Labute approximate surface area is 178 Å². The topological polar surface area (TPSA) is 87.7 Å². The summed E-state index contributed by atoms with van der Waals surface area (Å²) in [6.07, 6.45) is 3.18. The number of carbonyl (C=O) groups is 2. The van der Waals surface area contributed by atoms with E-state index in [2.05, 4.69) is 31.6 Å². The number of aromatic nitrogens is 2. The zero-order chi connectivity index (χ0) is 20.8. The Hall–Kier alpha value is -3.30. The molecule has 0 radical (unpaired) electrons. The van der Waals surface area contributed by atoms with Gasteiger partial charge in [-0.05, 0) is 41.8 Å². The van der Waals surface area contributed by atoms with Crippen LogP contribution in [0.25, 0.3) is 0 Å². The van der Waals surface area contributed by atoms with Gasteiger partial charge in [-0.3, -0.25) is 14.5 Å². The summed E-state index contributed by atoms with van der Waals surface area (Å²) < 4.78 is 5.51. The van der Waals surface area contributed by atoms with Gasteiger partial charge >= 0.3 is 17.8 Å². The first-order chi connectivity index (χ1) is 14.7. The lowest BCUT2D eigenvalue weighted by Crippen LogP contribution is -2.51. The number of thiophene rings is 1. The van der Waals surface area contributed by atoms with Gasteiger partial charge in [-0.1, -0.05) is 6.07 Å². The van der Waals surface area contributed by atoms with Crippen molar-refractivity contribution < 1.29 is 14.3 Å². The molecule has 8 nitrogen and oxygen atoms in total. The van der Waals surface area contributed by atoms with E-state index in [1.807, 2.05) is 6.07 Å². The molecule has 0 unspecified atom stereocenters. The number of nitrogens with one attached hydrogen (secondary N) is 1. The van der Waals surface area contributed by atoms with E-state index in [-0.39, 0.29) is 6.01 Å². The summed E-state index contributed by atoms with van der Waals surface area (Å²) in [5.41, 5.74) is 0.519. The lowest BCUT2D eigenvalue weighted by atomic mass is 10.2. The molecule has 1 aliphatic heterocycles. The molecule has 0 aliphatic carbocycles. The molecule has 154 valence electrons. The van der Waals surface area contributed by atoms with Crippen LogP contribution in [-0.2, 0) is 16.1 Å². The average Bonchev–Trinajstić information content (AvgIpc) is 3.29. The molecule has 1 aliphatic rings. The fraction of sp³-hybridized carbons (Fsp3) is 0.238. The Morgan fingerprint density at radius 3 is 2.40 bits per heavy atom. The van der Waals surface area contributed by atoms with Crippen LogP contribution in [0.1, 0.15) is 4.88 Å². The number of benzene rings is 1. The molecule has 0 saturated carbocycles. The molecule has 30 heavy (non-hydrogen) atoms. The second kappa shape index (κ2) is 9.47. The van der Waals surface area contributed by atoms with Gasteiger partial charge in [0.1, 0.15) is 5.75 Å². The lowest BCUT2D eigenvalue weighted by Gasteiger charge is -2.34. The number of hydrogen-bond donors (Lipinski definition) is 1. The maximum atomic E-state index is 12.5. The first-order valence-corrected chi connectivity index (χ1v) is 10.5. The van der Waals surface area contributed by atoms with Crippen molar-refractivity contribution in [3.63, 3.8) is 0 Å². The molecule has 0 spiro atoms. The number of anilines is 1. The lowest BCUT2D eigenvalue weighted by molar-refractivity contribution is -0.144. The van der Waals surface area contributed by atoms with Crippen LogP contribution in [-0.4, -0.2) is 57.8 Å². The van der Waals surface area contributed by atoms with E-state index >= 15 is 0 Å². The van der Waals surface area contributed by atoms with Gasteiger partial charge in [-0.2, -0.15) is 0 Å². The van der Waals surface area contributed by atoms with E-state index in [1.54, 1.807) is 59.0 Å². The van der Waals surface area contributed by atoms with Crippen LogP contribution in [0.4, 0.5) is 5.69 Å². The van der Waals surface area contributed by atoms with E-state index in [9.17, 15) is 9.59 Å². The third kappa shape index (κ3) is 5.19. The number of rotatable bonds is 5. The van der Waals surface area contributed by atoms with Crippen molar-refractivity contribution in [2.75, 3.05) is 31.5 Å². The van der Waals surface area contributed by atoms with E-state index in [4.69, 9.17) is 4.74 Å². The van der Waals surface area contributed by atoms with Crippen LogP contribution in [0.15, 0.2) is 60.2 Å². The third-order valence-electron chi connectivity index (χ3n) is 4.68. The Balaban J connectivity index is 1.26. The molecule has 1 saturated heterocycles. The third-order valence-corrected chi connectivity index (χ3v) is 5.54. The summed E-state index contributed by atoms with van der Waals surface area (Å²) >= 11 is 1.73. The summed E-state index contributed by atoms with van der Waals surface area (Å²) in [5.74, 6) is -0.613. The molecule has 9 heteroatoms. The molecule has 1 fully saturated rings. The zero-order valence-corrected chi connectivity index (χ0v) is 17.0. The van der Waals surface area contributed by atoms with E-state index in [0.717, 1.165) is 19.6 Å². The highest BCUT2D eigenvalue weighted by Crippen LogP contribution is 2.20. The van der Waals surface area contributed by atoms with Gasteiger partial charge in [0.15, 0.2) is 0 Å². The van der Waals surface area contributed by atoms with Crippen LogP contribution in [0.5, 0.6) is 11.8 Å². The van der Waals surface area contributed by atoms with Crippen LogP contribution in [0.3, 0.4) is 0 Å². The Bertz CT molecular complexity index is 972. The second-order valence-corrected chi connectivity index (χ2v) is 7.79. The van der Waals surface area contributed by atoms with Gasteiger partial charge in [0.2, 0.25) is 0 Å². The number of carbonyl (C=O) groups excluding carboxylic acids is 2. The van der Waals surface area contributed by atoms with Crippen LogP contribution < -0.4 is 10.1 Å². The molecular formula is C21H21N5O3S. The van der Waals surface area contributed by atoms with Crippen molar-refractivity contribution >= 4 is 28.8 Å². The van der Waals surface area contributed by atoms with Crippen LogP contribution in [0.2, 0.25) is 0 Å². The highest BCUT2D eigenvalue weighted by Gasteiger charge is 2.26. The van der Waals surface area contributed by atoms with E-state index < -0.39 is 11.8 Å². The van der Waals surface area contributed by atoms with Gasteiger partial charge in [0, 0.05) is 55.7 Å². The van der Waals surface area contributed by atoms with Gasteiger partial charge in [-0.15, -0.1) is 11.3 Å². The van der Waals surface area contributed by atoms with Crippen LogP contribution >= 0.6 is 11.3 Å². The van der Waals surface area contributed by atoms with Gasteiger partial charge in [0.25, 0.3) is 0 Å². The number of nitrogens with zero attached hydrogens (tertiary/aromatic N) is 4. The maximum absolute atomic E-state index is 12.5. The standard InChI is InChI=1S/C21H21N5O3S/c27-19(20(28)26-12-10-25(11-13-26)15-18-3-1-14-30-18)24-16-4-6-17(7-5-16)29-21-22-8-2-9-23-21/h1-9,14H,10-13,15H2,(H,24,27). The van der Waals surface area contributed by atoms with E-state index in [1.165, 1.54) is 4.88 Å². The van der Waals surface area contributed by atoms with Crippen molar-refractivity contribution in [1.82, 2.24) is 19.8 Å². The monoisotopic (exact) mass is 423 g/mol. The molecule has 4 rings (SSSR count). The second-order valence-electron chi connectivity index (χ2n) is 6.76. The van der Waals surface area contributed by atoms with Gasteiger partial charge in [-0.25, -0.2) is 9.97 Å². The summed E-state index contributed by atoms with van der Waals surface area (Å²) in [5, 5.41) is 4.71. The van der Waals surface area contributed by atoms with Crippen molar-refractivity contribution in [2.45, 2.75) is 6.54 Å². The molecule has 3 heterocycles. The molecule has 0 atom stereocenters. The van der Waals surface area contributed by atoms with Crippen molar-refractivity contribution in [3.05, 3.63) is 65.1 Å². The predicted molar refractivity (Wildman–Crippen MR) is 113 cm³/mol. The Kier molecular flexibility index (Phi) is 6.31. The minimum Gasteiger partial charge on any atom is -0.424 e. The summed E-state index contributed by atoms with van der Waals surface area (Å²) in [7, 11) is 0. The number of piperazine rings is 1. The smallest absolute Gasteiger partial charge is 0.321 e. The van der Waals surface area contributed by atoms with Crippen molar-refractivity contribution in [1.29, 1.82) is 0 Å². The van der Waals surface area contributed by atoms with Crippen LogP contribution in [0, 0.1) is 0 Å². The largest absolute Gasteiger partial charge is 0.424 e. The summed E-state index contributed by atoms with van der Waals surface area (Å²) in [6.45, 7) is 3.48. The predicted octanol–water partition coefficient (Wildman–Crippen LogP) is 2.61. The summed E-state index contributed by atoms with van der Waals surface area (Å²) in [6, 6.07) is 12.8. The van der Waals surface area contributed by atoms with Crippen molar-refractivity contribution in [2.24, 2.45) is 0 Å². The SMILES string of the molecule is O=C(Nc1ccc(Oc2ncccn2)cc1)C(=O)N1CCN(Cc2cccs2)CC1. The quantitative estimate of drug-likeness (QED) is 0.635. The Morgan fingerprint density at radius 2 is 1.73 bits per heavy atom. The first-order valence-electron chi connectivity index (χ1n) is 9.57. The molecule has 2 amide bonds. The highest BCUT2D eigenvalue weighted by molar-refractivity contribution is 7.09. The normalized spacial score (nSPS) is 14.3. The molecule has 2 aromatic heterocycles. The Morgan fingerprint density at radius 1 is 1.00 bits per heavy atom. The minimum atomic E-state index is -0.637. The fourth-order valence-electron chi connectivity index (χ4n) is 3.11. The van der Waals surface area contributed by atoms with E-state index in [0.29, 0.717) is 24.5 Å². The highest BCUT2D eigenvalue weighted by atomic mass is 32.1. The number of hydrogen-bond acceptors (Lipinski definition) is 7. The maximum Gasteiger partial charge on any atom is 0.321 e. The summed E-state index contributed by atoms with van der Waals surface area (Å²) in [4.78, 5) is 38.0. The number of amides is 2. The first kappa shape index (κ1) is 20.0. The zero-order valence-electron chi connectivity index (χ0n) is 16.2. The van der Waals surface area contributed by atoms with Gasteiger partial charge < -0.3 is 15.0 Å². The molecule has 1 N–H and O–H groups in total. The fourth-order valence-corrected chi connectivity index (χ4v) is 3.86. The minimum absolute atomic E-state index is 0.239. The van der Waals surface area contributed by atoms with Crippen molar-refractivity contribution in [3.8, 4) is 11.8 Å². The average molecular weight is 423 g/mol. The van der Waals surface area contributed by atoms with Gasteiger partial charge in [0.05, 0.1) is 0 Å². The number of ether oxygens (including phenoxy) is 1. The molecule has 3 aromatic rings. The molecule has 1 aromatic carbocycles.